The van der Waals surface area contributed by atoms with E-state index in [1.165, 1.54) is 5.06 Å². The van der Waals surface area contributed by atoms with Crippen molar-refractivity contribution in [2.45, 2.75) is 19.8 Å². The van der Waals surface area contributed by atoms with Crippen LogP contribution in [0.3, 0.4) is 0 Å². The predicted octanol–water partition coefficient (Wildman–Crippen LogP) is 0.272. The lowest BCUT2D eigenvalue weighted by Gasteiger charge is -2.13. The molecule has 5 heteroatoms. The fourth-order valence-electron chi connectivity index (χ4n) is 1.02. The summed E-state index contributed by atoms with van der Waals surface area (Å²) >= 11 is 0. The van der Waals surface area contributed by atoms with Gasteiger partial charge < -0.3 is 15.3 Å². The van der Waals surface area contributed by atoms with E-state index in [0.717, 1.165) is 0 Å². The molecule has 88 valence electrons. The van der Waals surface area contributed by atoms with Crippen LogP contribution in [0.1, 0.15) is 19.8 Å². The topological polar surface area (TPSA) is 61.8 Å². The summed E-state index contributed by atoms with van der Waals surface area (Å²) in [6.07, 6.45) is 2.69. The number of aliphatic hydroxyl groups excluding tert-OH is 1. The van der Waals surface area contributed by atoms with Gasteiger partial charge in [0.25, 0.3) is 0 Å². The van der Waals surface area contributed by atoms with Crippen molar-refractivity contribution < 1.29 is 14.7 Å². The summed E-state index contributed by atoms with van der Waals surface area (Å²) in [5.74, 6) is 0.472. The summed E-state index contributed by atoms with van der Waals surface area (Å²) in [5.41, 5.74) is 0. The van der Waals surface area contributed by atoms with Gasteiger partial charge in [-0.1, -0.05) is 0 Å². The minimum absolute atomic E-state index is 0.0101. The highest BCUT2D eigenvalue weighted by atomic mass is 16.7. The second-order valence-corrected chi connectivity index (χ2v) is 3.22. The number of hydrogen-bond acceptors (Lipinski definition) is 4. The molecular formula is C10H20N2O3. The van der Waals surface area contributed by atoms with Gasteiger partial charge >= 0.3 is 0 Å². The van der Waals surface area contributed by atoms with Crippen LogP contribution in [-0.4, -0.2) is 43.3 Å². The van der Waals surface area contributed by atoms with Gasteiger partial charge in [0.15, 0.2) is 0 Å². The monoisotopic (exact) mass is 216 g/mol. The van der Waals surface area contributed by atoms with Crippen molar-refractivity contribution in [2.24, 2.45) is 0 Å². The molecule has 15 heavy (non-hydrogen) atoms. The van der Waals surface area contributed by atoms with Crippen molar-refractivity contribution in [2.75, 3.05) is 27.2 Å². The molecule has 0 aromatic carbocycles. The van der Waals surface area contributed by atoms with Crippen molar-refractivity contribution in [3.63, 3.8) is 0 Å². The fraction of sp³-hybridized carbons (Fsp3) is 0.700. The van der Waals surface area contributed by atoms with Crippen LogP contribution < -0.4 is 5.32 Å². The Morgan fingerprint density at radius 1 is 1.53 bits per heavy atom. The number of allylic oxidation sites excluding steroid dienone is 1. The maximum absolute atomic E-state index is 11.1. The van der Waals surface area contributed by atoms with Crippen molar-refractivity contribution in [1.29, 1.82) is 0 Å². The van der Waals surface area contributed by atoms with Gasteiger partial charge in [0.1, 0.15) is 12.4 Å². The molecule has 0 saturated carbocycles. The van der Waals surface area contributed by atoms with Gasteiger partial charge in [0.2, 0.25) is 5.91 Å². The first-order valence-electron chi connectivity index (χ1n) is 5.02. The molecule has 0 radical (unpaired) electrons. The molecule has 1 amide bonds. The van der Waals surface area contributed by atoms with E-state index in [2.05, 4.69) is 5.32 Å². The highest BCUT2D eigenvalue weighted by molar-refractivity contribution is 5.75. The number of carbonyl (C=O) groups excluding carboxylic acids is 1. The molecule has 0 bridgehead atoms. The minimum Gasteiger partial charge on any atom is -0.409 e. The van der Waals surface area contributed by atoms with E-state index in [-0.39, 0.29) is 12.5 Å². The van der Waals surface area contributed by atoms with Crippen molar-refractivity contribution >= 4 is 5.91 Å². The zero-order valence-electron chi connectivity index (χ0n) is 9.62. The SMILES string of the molecule is CCNC(=O)CCC=C(CO)ON(C)C. The van der Waals surface area contributed by atoms with Crippen LogP contribution in [0, 0.1) is 0 Å². The molecule has 0 aliphatic heterocycles. The van der Waals surface area contributed by atoms with Crippen LogP contribution in [0.5, 0.6) is 0 Å². The predicted molar refractivity (Wildman–Crippen MR) is 57.9 cm³/mol. The number of nitrogens with zero attached hydrogens (tertiary/aromatic N) is 1. The first kappa shape index (κ1) is 13.9. The summed E-state index contributed by atoms with van der Waals surface area (Å²) in [7, 11) is 3.46. The van der Waals surface area contributed by atoms with Crippen LogP contribution in [0.25, 0.3) is 0 Å². The molecule has 5 nitrogen and oxygen atoms in total. The third-order valence-corrected chi connectivity index (χ3v) is 1.57. The molecule has 0 saturated heterocycles. The average Bonchev–Trinajstić information content (AvgIpc) is 2.16. The van der Waals surface area contributed by atoms with Crippen molar-refractivity contribution in [3.05, 3.63) is 11.8 Å². The molecule has 0 aliphatic carbocycles. The smallest absolute Gasteiger partial charge is 0.220 e. The van der Waals surface area contributed by atoms with E-state index in [4.69, 9.17) is 9.94 Å². The van der Waals surface area contributed by atoms with Crippen LogP contribution in [0.4, 0.5) is 0 Å². The zero-order valence-corrected chi connectivity index (χ0v) is 9.62. The lowest BCUT2D eigenvalue weighted by molar-refractivity contribution is -0.120. The summed E-state index contributed by atoms with van der Waals surface area (Å²) in [5, 5.41) is 13.1. The third-order valence-electron chi connectivity index (χ3n) is 1.57. The largest absolute Gasteiger partial charge is 0.409 e. The lowest BCUT2D eigenvalue weighted by Crippen LogP contribution is -2.22. The molecule has 0 spiro atoms. The number of amides is 1. The van der Waals surface area contributed by atoms with Gasteiger partial charge in [-0.3, -0.25) is 4.79 Å². The summed E-state index contributed by atoms with van der Waals surface area (Å²) in [4.78, 5) is 16.2. The Morgan fingerprint density at radius 3 is 2.67 bits per heavy atom. The molecule has 2 N–H and O–H groups in total. The quantitative estimate of drug-likeness (QED) is 0.474. The van der Waals surface area contributed by atoms with Gasteiger partial charge in [-0.15, -0.1) is 0 Å². The van der Waals surface area contributed by atoms with Crippen LogP contribution >= 0.6 is 0 Å². The Labute approximate surface area is 90.7 Å². The Hall–Kier alpha value is -1.07. The number of aliphatic hydroxyl groups is 1. The van der Waals surface area contributed by atoms with Gasteiger partial charge in [-0.25, -0.2) is 0 Å². The molecule has 0 atom stereocenters. The van der Waals surface area contributed by atoms with Crippen LogP contribution in [0.2, 0.25) is 0 Å². The Balaban J connectivity index is 3.85. The van der Waals surface area contributed by atoms with Gasteiger partial charge in [-0.05, 0) is 19.4 Å². The summed E-state index contributed by atoms with van der Waals surface area (Å²) in [6, 6.07) is 0. The second kappa shape index (κ2) is 8.26. The maximum atomic E-state index is 11.1. The Morgan fingerprint density at radius 2 is 2.20 bits per heavy atom. The molecule has 0 heterocycles. The number of hydroxylamine groups is 2. The number of hydrogen-bond donors (Lipinski definition) is 2. The highest BCUT2D eigenvalue weighted by Gasteiger charge is 2.01. The number of nitrogens with one attached hydrogen (secondary N) is 1. The third kappa shape index (κ3) is 7.96. The molecule has 0 fully saturated rings. The summed E-state index contributed by atoms with van der Waals surface area (Å²) in [6.45, 7) is 2.36. The summed E-state index contributed by atoms with van der Waals surface area (Å²) < 4.78 is 0. The standard InChI is InChI=1S/C10H20N2O3/c1-4-11-10(14)7-5-6-9(8-13)15-12(2)3/h6,13H,4-5,7-8H2,1-3H3,(H,11,14). The Bertz CT molecular complexity index is 215. The van der Waals surface area contributed by atoms with Gasteiger partial charge in [0, 0.05) is 27.1 Å². The molecular weight excluding hydrogens is 196 g/mol. The highest BCUT2D eigenvalue weighted by Crippen LogP contribution is 2.01. The Kier molecular flexibility index (Phi) is 7.67. The van der Waals surface area contributed by atoms with E-state index in [1.807, 2.05) is 6.92 Å². The first-order valence-corrected chi connectivity index (χ1v) is 5.02. The van der Waals surface area contributed by atoms with E-state index < -0.39 is 0 Å². The van der Waals surface area contributed by atoms with Gasteiger partial charge in [0.05, 0.1) is 0 Å². The van der Waals surface area contributed by atoms with Crippen molar-refractivity contribution in [3.8, 4) is 0 Å². The van der Waals surface area contributed by atoms with Crippen LogP contribution in [-0.2, 0) is 9.63 Å². The lowest BCUT2D eigenvalue weighted by atomic mass is 10.2. The molecule has 0 rings (SSSR count). The van der Waals surface area contributed by atoms with Crippen LogP contribution in [0.15, 0.2) is 11.8 Å². The normalized spacial score (nSPS) is 11.7. The molecule has 0 aromatic heterocycles. The minimum atomic E-state index is -0.159. The maximum Gasteiger partial charge on any atom is 0.220 e. The van der Waals surface area contributed by atoms with Crippen molar-refractivity contribution in [1.82, 2.24) is 10.4 Å². The van der Waals surface area contributed by atoms with E-state index in [1.54, 1.807) is 20.2 Å². The molecule has 0 aromatic rings. The fourth-order valence-corrected chi connectivity index (χ4v) is 1.02. The first-order chi connectivity index (χ1) is 7.10. The van der Waals surface area contributed by atoms with E-state index in [0.29, 0.717) is 25.1 Å². The van der Waals surface area contributed by atoms with E-state index >= 15 is 0 Å². The molecule has 0 aliphatic rings. The van der Waals surface area contributed by atoms with E-state index in [9.17, 15) is 4.79 Å². The number of carbonyl (C=O) groups is 1. The van der Waals surface area contributed by atoms with Gasteiger partial charge in [-0.2, -0.15) is 5.06 Å². The average molecular weight is 216 g/mol. The zero-order chi connectivity index (χ0) is 11.7. The number of rotatable bonds is 7. The second-order valence-electron chi connectivity index (χ2n) is 3.22. The molecule has 0 unspecified atom stereocenters.